The number of halogens is 9. The molecule has 0 saturated carbocycles. The summed E-state index contributed by atoms with van der Waals surface area (Å²) in [6.07, 6.45) is -10.5. The van der Waals surface area contributed by atoms with Crippen molar-refractivity contribution in [3.8, 4) is 5.75 Å². The van der Waals surface area contributed by atoms with E-state index in [1.165, 1.54) is 0 Å². The van der Waals surface area contributed by atoms with E-state index in [0.29, 0.717) is 12.1 Å². The van der Waals surface area contributed by atoms with Gasteiger partial charge in [-0.05, 0) is 17.7 Å². The van der Waals surface area contributed by atoms with Gasteiger partial charge in [-0.25, -0.2) is 0 Å². The zero-order valence-corrected chi connectivity index (χ0v) is 11.1. The van der Waals surface area contributed by atoms with Gasteiger partial charge < -0.3 is 9.84 Å². The summed E-state index contributed by atoms with van der Waals surface area (Å²) < 4.78 is 119. The predicted molar refractivity (Wildman–Crippen MR) is 58.8 cm³/mol. The minimum atomic E-state index is -7.04. The van der Waals surface area contributed by atoms with Crippen LogP contribution in [-0.2, 0) is 0 Å². The first-order valence-corrected chi connectivity index (χ1v) is 5.72. The summed E-state index contributed by atoms with van der Waals surface area (Å²) in [7, 11) is 1.16. The topological polar surface area (TPSA) is 29.5 Å². The SMILES string of the molecule is COc1ccc(C(O)C(F)(F)C(F)(F)C(F)(F)C(F)(F)F)cc1. The fourth-order valence-electron chi connectivity index (χ4n) is 1.55. The van der Waals surface area contributed by atoms with E-state index in [2.05, 4.69) is 4.74 Å². The van der Waals surface area contributed by atoms with Gasteiger partial charge in [0.2, 0.25) is 0 Å². The first-order valence-electron chi connectivity index (χ1n) is 5.72. The van der Waals surface area contributed by atoms with Crippen molar-refractivity contribution >= 4 is 0 Å². The van der Waals surface area contributed by atoms with Crippen molar-refractivity contribution in [2.24, 2.45) is 0 Å². The van der Waals surface area contributed by atoms with Crippen molar-refractivity contribution < 1.29 is 49.4 Å². The van der Waals surface area contributed by atoms with Gasteiger partial charge in [-0.15, -0.1) is 0 Å². The molecule has 0 fully saturated rings. The van der Waals surface area contributed by atoms with E-state index < -0.39 is 35.6 Å². The highest BCUT2D eigenvalue weighted by Crippen LogP contribution is 2.56. The molecule has 0 heterocycles. The van der Waals surface area contributed by atoms with E-state index in [1.54, 1.807) is 0 Å². The molecule has 0 bridgehead atoms. The van der Waals surface area contributed by atoms with Crippen LogP contribution in [0.15, 0.2) is 24.3 Å². The summed E-state index contributed by atoms with van der Waals surface area (Å²) in [5.74, 6) is -20.0. The Morgan fingerprint density at radius 3 is 1.61 bits per heavy atom. The molecule has 1 atom stereocenters. The molecule has 1 aromatic rings. The monoisotopic (exact) mass is 356 g/mol. The Bertz CT molecular complexity index is 536. The number of alkyl halides is 9. The highest BCUT2D eigenvalue weighted by Gasteiger charge is 2.83. The second kappa shape index (κ2) is 5.77. The van der Waals surface area contributed by atoms with Crippen molar-refractivity contribution in [2.75, 3.05) is 7.11 Å². The Balaban J connectivity index is 3.26. The maximum Gasteiger partial charge on any atom is 0.460 e. The number of hydrogen-bond acceptors (Lipinski definition) is 2. The van der Waals surface area contributed by atoms with Gasteiger partial charge in [0.25, 0.3) is 0 Å². The number of aliphatic hydroxyl groups excluding tert-OH is 1. The fourth-order valence-corrected chi connectivity index (χ4v) is 1.55. The zero-order chi connectivity index (χ0) is 18.3. The van der Waals surface area contributed by atoms with Gasteiger partial charge in [-0.1, -0.05) is 12.1 Å². The molecule has 1 N–H and O–H groups in total. The van der Waals surface area contributed by atoms with E-state index in [9.17, 15) is 44.6 Å². The molecule has 0 saturated heterocycles. The maximum atomic E-state index is 13.5. The van der Waals surface area contributed by atoms with Crippen LogP contribution in [0.2, 0.25) is 0 Å². The molecule has 0 radical (unpaired) electrons. The summed E-state index contributed by atoms with van der Waals surface area (Å²) in [6, 6.07) is 3.10. The third-order valence-corrected chi connectivity index (χ3v) is 2.94. The van der Waals surface area contributed by atoms with Crippen LogP contribution in [0.5, 0.6) is 5.75 Å². The fraction of sp³-hybridized carbons (Fsp3) is 0.500. The summed E-state index contributed by atoms with van der Waals surface area (Å²) in [4.78, 5) is 0. The van der Waals surface area contributed by atoms with Crippen LogP contribution in [0.1, 0.15) is 11.7 Å². The van der Waals surface area contributed by atoms with Gasteiger partial charge in [-0.3, -0.25) is 0 Å². The molecule has 1 rings (SSSR count). The van der Waals surface area contributed by atoms with Crippen molar-refractivity contribution in [2.45, 2.75) is 30.0 Å². The van der Waals surface area contributed by atoms with Gasteiger partial charge in [-0.2, -0.15) is 39.5 Å². The second-order valence-corrected chi connectivity index (χ2v) is 4.45. The molecule has 0 aliphatic rings. The third-order valence-electron chi connectivity index (χ3n) is 2.94. The van der Waals surface area contributed by atoms with Gasteiger partial charge in [0.05, 0.1) is 7.11 Å². The smallest absolute Gasteiger partial charge is 0.460 e. The molecular formula is C12H9F9O2. The number of methoxy groups -OCH3 is 1. The molecule has 0 spiro atoms. The standard InChI is InChI=1S/C12H9F9O2/c1-23-7-4-2-6(3-5-7)8(22)9(13,14)10(15,16)11(17,18)12(19,20)21/h2-5,8,22H,1H3. The number of rotatable bonds is 5. The molecule has 0 aliphatic heterocycles. The first-order chi connectivity index (χ1) is 10.2. The molecule has 23 heavy (non-hydrogen) atoms. The lowest BCUT2D eigenvalue weighted by atomic mass is 9.94. The van der Waals surface area contributed by atoms with Crippen LogP contribution in [0.3, 0.4) is 0 Å². The van der Waals surface area contributed by atoms with Crippen molar-refractivity contribution in [1.82, 2.24) is 0 Å². The molecule has 132 valence electrons. The maximum absolute atomic E-state index is 13.5. The predicted octanol–water partition coefficient (Wildman–Crippen LogP) is 4.20. The minimum absolute atomic E-state index is 0.0525. The molecule has 0 amide bonds. The molecule has 11 heteroatoms. The number of ether oxygens (including phenoxy) is 1. The number of hydrogen-bond donors (Lipinski definition) is 1. The Kier molecular flexibility index (Phi) is 4.86. The van der Waals surface area contributed by atoms with E-state index in [-0.39, 0.29) is 5.75 Å². The van der Waals surface area contributed by atoms with Gasteiger partial charge in [0.15, 0.2) is 0 Å². The van der Waals surface area contributed by atoms with Crippen LogP contribution in [0.4, 0.5) is 39.5 Å². The summed E-state index contributed by atoms with van der Waals surface area (Å²) >= 11 is 0. The Labute approximate surface area is 123 Å². The normalized spacial score (nSPS) is 15.4. The molecule has 1 aromatic carbocycles. The molecule has 0 aliphatic carbocycles. The molecule has 0 aromatic heterocycles. The van der Waals surface area contributed by atoms with Crippen LogP contribution < -0.4 is 4.74 Å². The van der Waals surface area contributed by atoms with Gasteiger partial charge in [0, 0.05) is 0 Å². The number of benzene rings is 1. The van der Waals surface area contributed by atoms with Gasteiger partial charge in [0.1, 0.15) is 11.9 Å². The highest BCUT2D eigenvalue weighted by atomic mass is 19.4. The van der Waals surface area contributed by atoms with E-state index in [1.807, 2.05) is 0 Å². The first kappa shape index (κ1) is 19.4. The number of aliphatic hydroxyl groups is 1. The molecule has 1 unspecified atom stereocenters. The average molecular weight is 356 g/mol. The van der Waals surface area contributed by atoms with E-state index in [0.717, 1.165) is 19.2 Å². The van der Waals surface area contributed by atoms with Crippen molar-refractivity contribution in [1.29, 1.82) is 0 Å². The second-order valence-electron chi connectivity index (χ2n) is 4.45. The highest BCUT2D eigenvalue weighted by molar-refractivity contribution is 5.30. The Morgan fingerprint density at radius 2 is 1.26 bits per heavy atom. The van der Waals surface area contributed by atoms with E-state index in [4.69, 9.17) is 0 Å². The van der Waals surface area contributed by atoms with Crippen molar-refractivity contribution in [3.05, 3.63) is 29.8 Å². The molecule has 2 nitrogen and oxygen atoms in total. The third kappa shape index (κ3) is 3.06. The zero-order valence-electron chi connectivity index (χ0n) is 11.1. The van der Waals surface area contributed by atoms with Crippen LogP contribution in [0.25, 0.3) is 0 Å². The lowest BCUT2D eigenvalue weighted by molar-refractivity contribution is -0.406. The minimum Gasteiger partial charge on any atom is -0.497 e. The quantitative estimate of drug-likeness (QED) is 0.802. The van der Waals surface area contributed by atoms with Crippen LogP contribution in [0, 0.1) is 0 Å². The average Bonchev–Trinajstić information content (AvgIpc) is 2.44. The summed E-state index contributed by atoms with van der Waals surface area (Å²) in [6.45, 7) is 0. The van der Waals surface area contributed by atoms with Crippen LogP contribution in [-0.4, -0.2) is 36.2 Å². The lowest BCUT2D eigenvalue weighted by Gasteiger charge is -2.35. The summed E-state index contributed by atoms with van der Waals surface area (Å²) in [5.41, 5.74) is -0.992. The Morgan fingerprint density at radius 1 is 0.826 bits per heavy atom. The summed E-state index contributed by atoms with van der Waals surface area (Å²) in [5, 5.41) is 9.21. The lowest BCUT2D eigenvalue weighted by Crippen LogP contribution is -2.62. The van der Waals surface area contributed by atoms with Crippen LogP contribution >= 0.6 is 0 Å². The van der Waals surface area contributed by atoms with Crippen molar-refractivity contribution in [3.63, 3.8) is 0 Å². The molecular weight excluding hydrogens is 347 g/mol. The van der Waals surface area contributed by atoms with E-state index >= 15 is 0 Å². The largest absolute Gasteiger partial charge is 0.497 e. The van der Waals surface area contributed by atoms with Gasteiger partial charge >= 0.3 is 23.9 Å². The Hall–Kier alpha value is -1.65.